The summed E-state index contributed by atoms with van der Waals surface area (Å²) in [5, 5.41) is 0. The van der Waals surface area contributed by atoms with Gasteiger partial charge in [-0.05, 0) is 12.8 Å². The van der Waals surface area contributed by atoms with Gasteiger partial charge < -0.3 is 9.97 Å². The third kappa shape index (κ3) is 15.0. The molecule has 11 heteroatoms. The fraction of sp³-hybridized carbons (Fsp3) is 0.684. The first-order valence-corrected chi connectivity index (χ1v) is 11.6. The minimum atomic E-state index is -5.84. The van der Waals surface area contributed by atoms with Gasteiger partial charge in [0.2, 0.25) is 0 Å². The molecule has 30 heavy (non-hydrogen) atoms. The van der Waals surface area contributed by atoms with Gasteiger partial charge in [0.05, 0.1) is 0 Å². The lowest BCUT2D eigenvalue weighted by Crippen LogP contribution is -2.21. The second-order valence-corrected chi connectivity index (χ2v) is 8.03. The van der Waals surface area contributed by atoms with Crippen molar-refractivity contribution in [1.82, 2.24) is 19.9 Å². The minimum absolute atomic E-state index is 1.10. The van der Waals surface area contributed by atoms with E-state index in [2.05, 4.69) is 33.8 Å². The molecule has 0 fully saturated rings. The summed E-state index contributed by atoms with van der Waals surface area (Å²) in [5.41, 5.74) is -5.53. The normalized spacial score (nSPS) is 11.3. The molecular weight excluding hydrogens is 421 g/mol. The van der Waals surface area contributed by atoms with Crippen LogP contribution in [0.4, 0.5) is 13.2 Å². The first-order chi connectivity index (χ1) is 14.1. The maximum absolute atomic E-state index is 10.7. The Labute approximate surface area is 176 Å². The van der Waals surface area contributed by atoms with Crippen LogP contribution in [-0.4, -0.2) is 38.4 Å². The second kappa shape index (κ2) is 15.9. The van der Waals surface area contributed by atoms with E-state index in [1.807, 2.05) is 24.8 Å². The summed E-state index contributed by atoms with van der Waals surface area (Å²) in [5.74, 6) is 2.25. The van der Waals surface area contributed by atoms with Crippen molar-refractivity contribution in [1.29, 1.82) is 0 Å². The smallest absolute Gasteiger partial charge is 0.349 e. The number of H-pyrrole nitrogens is 2. The van der Waals surface area contributed by atoms with Gasteiger partial charge in [0, 0.05) is 37.6 Å². The summed E-state index contributed by atoms with van der Waals surface area (Å²) >= 11 is 0. The Bertz CT molecular complexity index is 677. The summed E-state index contributed by atoms with van der Waals surface area (Å²) in [6, 6.07) is 0. The van der Waals surface area contributed by atoms with Crippen molar-refractivity contribution in [2.24, 2.45) is 0 Å². The lowest BCUT2D eigenvalue weighted by Gasteiger charge is -1.97. The lowest BCUT2D eigenvalue weighted by atomic mass is 10.1. The Hall–Kier alpha value is -1.88. The molecule has 0 bridgehead atoms. The maximum atomic E-state index is 10.7. The summed E-state index contributed by atoms with van der Waals surface area (Å²) < 4.78 is 57.5. The predicted molar refractivity (Wildman–Crippen MR) is 110 cm³/mol. The van der Waals surface area contributed by atoms with Crippen LogP contribution in [-0.2, 0) is 23.0 Å². The van der Waals surface area contributed by atoms with Gasteiger partial charge in [-0.3, -0.25) is 4.55 Å². The second-order valence-electron chi connectivity index (χ2n) is 6.61. The Morgan fingerprint density at radius 2 is 1.20 bits per heavy atom. The van der Waals surface area contributed by atoms with Crippen LogP contribution in [0.15, 0.2) is 24.8 Å². The largest absolute Gasteiger partial charge is 0.522 e. The molecule has 2 heterocycles. The van der Waals surface area contributed by atoms with Crippen molar-refractivity contribution in [2.45, 2.75) is 83.6 Å². The van der Waals surface area contributed by atoms with Crippen LogP contribution in [0.1, 0.15) is 76.9 Å². The number of imidazole rings is 2. The summed E-state index contributed by atoms with van der Waals surface area (Å²) in [4.78, 5) is 14.5. The number of nitrogens with one attached hydrogen (secondary N) is 2. The van der Waals surface area contributed by atoms with Gasteiger partial charge in [0.15, 0.2) is 0 Å². The third-order valence-corrected chi connectivity index (χ3v) is 4.52. The van der Waals surface area contributed by atoms with E-state index in [9.17, 15) is 13.2 Å². The molecule has 2 aromatic rings. The number of aromatic amines is 2. The van der Waals surface area contributed by atoms with Gasteiger partial charge in [-0.15, -0.1) is 0 Å². The van der Waals surface area contributed by atoms with E-state index in [0.717, 1.165) is 24.5 Å². The van der Waals surface area contributed by atoms with Gasteiger partial charge in [-0.25, -0.2) is 9.97 Å². The molecule has 3 N–H and O–H groups in total. The number of halogens is 3. The highest BCUT2D eigenvalue weighted by Crippen LogP contribution is 2.20. The van der Waals surface area contributed by atoms with Crippen LogP contribution in [0, 0.1) is 0 Å². The topological polar surface area (TPSA) is 112 Å². The van der Waals surface area contributed by atoms with Gasteiger partial charge in [0.1, 0.15) is 11.6 Å². The van der Waals surface area contributed by atoms with Crippen LogP contribution < -0.4 is 0 Å². The highest BCUT2D eigenvalue weighted by Gasteiger charge is 2.44. The molecular formula is C19H33F3N4O3S. The molecule has 0 aliphatic rings. The number of nitrogens with zero attached hydrogens (tertiary/aromatic N) is 2. The predicted octanol–water partition coefficient (Wildman–Crippen LogP) is 5.46. The van der Waals surface area contributed by atoms with Crippen LogP contribution in [0.3, 0.4) is 0 Å². The van der Waals surface area contributed by atoms with Gasteiger partial charge >= 0.3 is 15.6 Å². The number of hydrogen-bond acceptors (Lipinski definition) is 4. The number of alkyl halides is 3. The van der Waals surface area contributed by atoms with E-state index < -0.39 is 15.6 Å². The van der Waals surface area contributed by atoms with E-state index in [-0.39, 0.29) is 0 Å². The molecule has 0 spiro atoms. The Balaban J connectivity index is 0.000000428. The highest BCUT2D eigenvalue weighted by molar-refractivity contribution is 7.86. The number of unbranched alkanes of at least 4 members (excludes halogenated alkanes) is 6. The van der Waals surface area contributed by atoms with Crippen LogP contribution in [0.5, 0.6) is 0 Å². The molecule has 0 aromatic carbocycles. The van der Waals surface area contributed by atoms with E-state index in [4.69, 9.17) is 13.0 Å². The summed E-state index contributed by atoms with van der Waals surface area (Å²) in [6.07, 6.45) is 20.1. The van der Waals surface area contributed by atoms with Crippen molar-refractivity contribution in [3.8, 4) is 0 Å². The SMILES string of the molecule is CCCCCCc1ncc[nH]1.CCCCCCc1ncc[nH]1.O=S(=O)(O)C(F)(F)F. The summed E-state index contributed by atoms with van der Waals surface area (Å²) in [6.45, 7) is 4.46. The molecule has 7 nitrogen and oxygen atoms in total. The van der Waals surface area contributed by atoms with Crippen molar-refractivity contribution in [2.75, 3.05) is 0 Å². The molecule has 0 aliphatic heterocycles. The molecule has 0 saturated heterocycles. The third-order valence-electron chi connectivity index (χ3n) is 3.94. The zero-order valence-corrected chi connectivity index (χ0v) is 18.4. The number of hydrogen-bond donors (Lipinski definition) is 3. The average molecular weight is 455 g/mol. The van der Waals surface area contributed by atoms with E-state index in [1.165, 1.54) is 51.4 Å². The first-order valence-electron chi connectivity index (χ1n) is 10.1. The van der Waals surface area contributed by atoms with Crippen molar-refractivity contribution < 1.29 is 26.1 Å². The molecule has 2 rings (SSSR count). The molecule has 0 radical (unpaired) electrons. The number of aromatic nitrogens is 4. The quantitative estimate of drug-likeness (QED) is 0.251. The Morgan fingerprint density at radius 1 is 0.833 bits per heavy atom. The number of rotatable bonds is 10. The van der Waals surface area contributed by atoms with Crippen LogP contribution >= 0.6 is 0 Å². The van der Waals surface area contributed by atoms with E-state index >= 15 is 0 Å². The Kier molecular flexibility index (Phi) is 14.9. The van der Waals surface area contributed by atoms with Crippen LogP contribution in [0.2, 0.25) is 0 Å². The van der Waals surface area contributed by atoms with Crippen molar-refractivity contribution in [3.05, 3.63) is 36.4 Å². The first kappa shape index (κ1) is 28.1. The molecule has 0 aliphatic carbocycles. The molecule has 0 atom stereocenters. The summed E-state index contributed by atoms with van der Waals surface area (Å²) in [7, 11) is -5.84. The fourth-order valence-electron chi connectivity index (χ4n) is 2.31. The number of aryl methyl sites for hydroxylation is 2. The molecule has 2 aromatic heterocycles. The van der Waals surface area contributed by atoms with Crippen LogP contribution in [0.25, 0.3) is 0 Å². The van der Waals surface area contributed by atoms with Crippen molar-refractivity contribution in [3.63, 3.8) is 0 Å². The maximum Gasteiger partial charge on any atom is 0.522 e. The van der Waals surface area contributed by atoms with Crippen molar-refractivity contribution >= 4 is 10.1 Å². The highest BCUT2D eigenvalue weighted by atomic mass is 32.2. The molecule has 0 amide bonds. The van der Waals surface area contributed by atoms with Gasteiger partial charge in [-0.2, -0.15) is 21.6 Å². The molecule has 174 valence electrons. The molecule has 0 saturated carbocycles. The van der Waals surface area contributed by atoms with E-state index in [0.29, 0.717) is 0 Å². The monoisotopic (exact) mass is 454 g/mol. The zero-order chi connectivity index (χ0) is 22.9. The van der Waals surface area contributed by atoms with Gasteiger partial charge in [0.25, 0.3) is 0 Å². The standard InChI is InChI=1S/2C9H16N2.CHF3O3S/c2*1-2-3-4-5-6-9-10-7-8-11-9;2-1(3,4)8(5,6)7/h2*7-8H,2-6H2,1H3,(H,10,11);(H,5,6,7). The van der Waals surface area contributed by atoms with Gasteiger partial charge in [-0.1, -0.05) is 52.4 Å². The minimum Gasteiger partial charge on any atom is -0.349 e. The molecule has 0 unspecified atom stereocenters. The van der Waals surface area contributed by atoms with E-state index in [1.54, 1.807) is 0 Å². The lowest BCUT2D eigenvalue weighted by molar-refractivity contribution is -0.0510. The zero-order valence-electron chi connectivity index (χ0n) is 17.6. The fourth-order valence-corrected chi connectivity index (χ4v) is 2.31. The average Bonchev–Trinajstić information content (AvgIpc) is 3.36. The Morgan fingerprint density at radius 3 is 1.43 bits per heavy atom.